The van der Waals surface area contributed by atoms with E-state index in [0.29, 0.717) is 35.6 Å². The van der Waals surface area contributed by atoms with E-state index in [0.717, 1.165) is 15.4 Å². The van der Waals surface area contributed by atoms with Gasteiger partial charge in [0.15, 0.2) is 5.60 Å². The number of aliphatic hydroxyl groups is 1. The maximum absolute atomic E-state index is 14.1. The first kappa shape index (κ1) is 21.2. The fraction of sp³-hybridized carbons (Fsp3) is 0.409. The number of rotatable bonds is 5. The molecule has 1 aliphatic rings. The van der Waals surface area contributed by atoms with Crippen LogP contribution in [0, 0.1) is 0 Å². The SMILES string of the molecule is CC(C)(CC(O)(Cc1cc2ccncc2[nH]1)C(F)(F)F)c1cc(Br)cc2c1OCC2. The van der Waals surface area contributed by atoms with Gasteiger partial charge in [-0.15, -0.1) is 0 Å². The number of ether oxygens (including phenoxy) is 1. The number of hydrogen-bond donors (Lipinski definition) is 2. The van der Waals surface area contributed by atoms with Gasteiger partial charge >= 0.3 is 6.18 Å². The van der Waals surface area contributed by atoms with E-state index < -0.39 is 30.0 Å². The third-order valence-corrected chi connectivity index (χ3v) is 6.16. The molecule has 0 bridgehead atoms. The van der Waals surface area contributed by atoms with Gasteiger partial charge in [0.2, 0.25) is 0 Å². The molecule has 0 fully saturated rings. The molecule has 8 heteroatoms. The van der Waals surface area contributed by atoms with Gasteiger partial charge < -0.3 is 14.8 Å². The number of alkyl halides is 3. The van der Waals surface area contributed by atoms with Crippen molar-refractivity contribution in [3.05, 3.63) is 58.0 Å². The minimum absolute atomic E-state index is 0.310. The Balaban J connectivity index is 1.71. The summed E-state index contributed by atoms with van der Waals surface area (Å²) >= 11 is 3.45. The Morgan fingerprint density at radius 2 is 2.00 bits per heavy atom. The third kappa shape index (κ3) is 3.83. The van der Waals surface area contributed by atoms with Crippen molar-refractivity contribution in [1.82, 2.24) is 9.97 Å². The van der Waals surface area contributed by atoms with Crippen LogP contribution in [0.15, 0.2) is 41.1 Å². The second-order valence-corrected chi connectivity index (χ2v) is 9.48. The predicted octanol–water partition coefficient (Wildman–Crippen LogP) is 5.46. The van der Waals surface area contributed by atoms with Gasteiger partial charge in [0, 0.05) is 40.2 Å². The van der Waals surface area contributed by atoms with Crippen molar-refractivity contribution < 1.29 is 23.0 Å². The highest BCUT2D eigenvalue weighted by atomic mass is 79.9. The van der Waals surface area contributed by atoms with E-state index >= 15 is 0 Å². The third-order valence-electron chi connectivity index (χ3n) is 5.70. The molecule has 0 spiro atoms. The van der Waals surface area contributed by atoms with Crippen LogP contribution >= 0.6 is 15.9 Å². The molecule has 160 valence electrons. The maximum Gasteiger partial charge on any atom is 0.417 e. The number of benzene rings is 1. The molecule has 0 amide bonds. The molecule has 0 radical (unpaired) electrons. The molecule has 3 heterocycles. The van der Waals surface area contributed by atoms with Crippen molar-refractivity contribution in [3.63, 3.8) is 0 Å². The van der Waals surface area contributed by atoms with Gasteiger partial charge in [0.05, 0.1) is 18.3 Å². The summed E-state index contributed by atoms with van der Waals surface area (Å²) in [4.78, 5) is 6.92. The van der Waals surface area contributed by atoms with E-state index in [1.54, 1.807) is 44.4 Å². The number of H-pyrrole nitrogens is 1. The van der Waals surface area contributed by atoms with Gasteiger partial charge in [0.1, 0.15) is 5.75 Å². The second-order valence-electron chi connectivity index (χ2n) is 8.56. The Morgan fingerprint density at radius 3 is 2.70 bits per heavy atom. The smallest absolute Gasteiger partial charge is 0.417 e. The van der Waals surface area contributed by atoms with Crippen molar-refractivity contribution in [3.8, 4) is 5.75 Å². The zero-order valence-corrected chi connectivity index (χ0v) is 18.2. The summed E-state index contributed by atoms with van der Waals surface area (Å²) in [5.74, 6) is 0.629. The molecule has 3 aromatic rings. The Kier molecular flexibility index (Phi) is 5.13. The van der Waals surface area contributed by atoms with Crippen LogP contribution in [0.3, 0.4) is 0 Å². The molecule has 2 N–H and O–H groups in total. The van der Waals surface area contributed by atoms with E-state index in [9.17, 15) is 18.3 Å². The van der Waals surface area contributed by atoms with E-state index in [-0.39, 0.29) is 0 Å². The topological polar surface area (TPSA) is 58.1 Å². The first-order valence-electron chi connectivity index (χ1n) is 9.65. The van der Waals surface area contributed by atoms with Crippen LogP contribution in [-0.4, -0.2) is 33.5 Å². The van der Waals surface area contributed by atoms with E-state index in [1.165, 1.54) is 0 Å². The monoisotopic (exact) mass is 482 g/mol. The normalized spacial score (nSPS) is 16.4. The highest BCUT2D eigenvalue weighted by molar-refractivity contribution is 9.10. The molecule has 1 atom stereocenters. The number of halogens is 4. The predicted molar refractivity (Wildman–Crippen MR) is 112 cm³/mol. The molecule has 2 aromatic heterocycles. The Hall–Kier alpha value is -2.06. The number of nitrogens with one attached hydrogen (secondary N) is 1. The summed E-state index contributed by atoms with van der Waals surface area (Å²) in [5, 5.41) is 11.7. The van der Waals surface area contributed by atoms with Crippen LogP contribution in [-0.2, 0) is 18.3 Å². The lowest BCUT2D eigenvalue weighted by Gasteiger charge is -2.38. The van der Waals surface area contributed by atoms with Crippen LogP contribution in [0.1, 0.15) is 37.1 Å². The Bertz CT molecular complexity index is 1060. The number of hydrogen-bond acceptors (Lipinski definition) is 3. The van der Waals surface area contributed by atoms with E-state index in [1.807, 2.05) is 6.07 Å². The summed E-state index contributed by atoms with van der Waals surface area (Å²) in [5.41, 5.74) is -1.34. The van der Waals surface area contributed by atoms with Crippen LogP contribution in [0.2, 0.25) is 0 Å². The number of aromatic nitrogens is 2. The highest BCUT2D eigenvalue weighted by Gasteiger charge is 2.56. The standard InChI is InChI=1S/C22H22BrF3N2O2/c1-20(2,17-9-15(23)7-14-4-6-30-19(14)17)12-21(29,22(24,25)26)10-16-8-13-3-5-27-11-18(13)28-16/h3,5,7-9,11,28-29H,4,6,10,12H2,1-2H3. The van der Waals surface area contributed by atoms with Crippen molar-refractivity contribution >= 4 is 26.8 Å². The largest absolute Gasteiger partial charge is 0.493 e. The molecule has 0 saturated carbocycles. The van der Waals surface area contributed by atoms with Gasteiger partial charge in [-0.05, 0) is 41.7 Å². The van der Waals surface area contributed by atoms with Crippen LogP contribution in [0.4, 0.5) is 13.2 Å². The summed E-state index contributed by atoms with van der Waals surface area (Å²) in [6.07, 6.45) is -2.06. The molecule has 1 unspecified atom stereocenters. The summed E-state index contributed by atoms with van der Waals surface area (Å²) < 4.78 is 48.9. The van der Waals surface area contributed by atoms with Crippen molar-refractivity contribution in [2.45, 2.75) is 50.3 Å². The molecule has 4 rings (SSSR count). The molecule has 1 aliphatic heterocycles. The van der Waals surface area contributed by atoms with Gasteiger partial charge in [0.25, 0.3) is 0 Å². The molecular weight excluding hydrogens is 461 g/mol. The number of pyridine rings is 1. The minimum Gasteiger partial charge on any atom is -0.493 e. The highest BCUT2D eigenvalue weighted by Crippen LogP contribution is 2.47. The zero-order valence-electron chi connectivity index (χ0n) is 16.6. The first-order chi connectivity index (χ1) is 14.0. The molecule has 4 nitrogen and oxygen atoms in total. The Labute approximate surface area is 180 Å². The van der Waals surface area contributed by atoms with E-state index in [4.69, 9.17) is 4.74 Å². The average molecular weight is 483 g/mol. The first-order valence-corrected chi connectivity index (χ1v) is 10.4. The number of aromatic amines is 1. The van der Waals surface area contributed by atoms with Gasteiger partial charge in [-0.1, -0.05) is 29.8 Å². The maximum atomic E-state index is 14.1. The van der Waals surface area contributed by atoms with Gasteiger partial charge in [-0.25, -0.2) is 0 Å². The summed E-state index contributed by atoms with van der Waals surface area (Å²) in [6, 6.07) is 7.06. The van der Waals surface area contributed by atoms with Gasteiger partial charge in [-0.3, -0.25) is 4.98 Å². The lowest BCUT2D eigenvalue weighted by Crippen LogP contribution is -2.51. The second kappa shape index (κ2) is 7.27. The average Bonchev–Trinajstić information content (AvgIpc) is 3.24. The molecular formula is C22H22BrF3N2O2. The van der Waals surface area contributed by atoms with Crippen LogP contribution < -0.4 is 4.74 Å². The van der Waals surface area contributed by atoms with Gasteiger partial charge in [-0.2, -0.15) is 13.2 Å². The van der Waals surface area contributed by atoms with Crippen molar-refractivity contribution in [2.24, 2.45) is 0 Å². The quantitative estimate of drug-likeness (QED) is 0.507. The Morgan fingerprint density at radius 1 is 1.23 bits per heavy atom. The number of nitrogens with zero attached hydrogens (tertiary/aromatic N) is 1. The lowest BCUT2D eigenvalue weighted by molar-refractivity contribution is -0.266. The number of fused-ring (bicyclic) bond motifs is 2. The van der Waals surface area contributed by atoms with Crippen LogP contribution in [0.25, 0.3) is 10.9 Å². The molecule has 30 heavy (non-hydrogen) atoms. The molecule has 1 aromatic carbocycles. The summed E-state index contributed by atoms with van der Waals surface area (Å²) in [6.45, 7) is 3.92. The lowest BCUT2D eigenvalue weighted by atomic mass is 9.73. The summed E-state index contributed by atoms with van der Waals surface area (Å²) in [7, 11) is 0. The van der Waals surface area contributed by atoms with Crippen molar-refractivity contribution in [1.29, 1.82) is 0 Å². The van der Waals surface area contributed by atoms with E-state index in [2.05, 4.69) is 25.9 Å². The minimum atomic E-state index is -4.81. The fourth-order valence-corrected chi connectivity index (χ4v) is 4.81. The van der Waals surface area contributed by atoms with Crippen molar-refractivity contribution in [2.75, 3.05) is 6.61 Å². The fourth-order valence-electron chi connectivity index (χ4n) is 4.30. The zero-order chi connectivity index (χ0) is 21.7. The van der Waals surface area contributed by atoms with Crippen LogP contribution in [0.5, 0.6) is 5.75 Å². The molecule has 0 aliphatic carbocycles. The molecule has 0 saturated heterocycles.